The number of alkyl halides is 3. The van der Waals surface area contributed by atoms with Crippen molar-refractivity contribution >= 4 is 11.9 Å². The minimum Gasteiger partial charge on any atom is -0.481 e. The summed E-state index contributed by atoms with van der Waals surface area (Å²) in [6.45, 7) is 1.29. The first-order valence-corrected chi connectivity index (χ1v) is 4.67. The molecule has 1 amide bonds. The number of hydrogen-bond acceptors (Lipinski definition) is 2. The molecule has 1 atom stereocenters. The molecule has 1 N–H and O–H groups in total. The third-order valence-electron chi connectivity index (χ3n) is 2.02. The summed E-state index contributed by atoms with van der Waals surface area (Å²) in [4.78, 5) is 22.6. The van der Waals surface area contributed by atoms with E-state index < -0.39 is 36.8 Å². The number of carboxylic acid groups (broad SMARTS) is 1. The monoisotopic (exact) mass is 241 g/mol. The topological polar surface area (TPSA) is 57.6 Å². The molecule has 94 valence electrons. The number of aliphatic carboxylic acids is 1. The third-order valence-corrected chi connectivity index (χ3v) is 2.02. The van der Waals surface area contributed by atoms with E-state index in [0.717, 1.165) is 4.90 Å². The van der Waals surface area contributed by atoms with Gasteiger partial charge in [-0.3, -0.25) is 9.59 Å². The van der Waals surface area contributed by atoms with Crippen LogP contribution in [0.15, 0.2) is 0 Å². The van der Waals surface area contributed by atoms with E-state index >= 15 is 0 Å². The van der Waals surface area contributed by atoms with Crippen LogP contribution in [0.5, 0.6) is 0 Å². The zero-order valence-electron chi connectivity index (χ0n) is 9.04. The second-order valence-corrected chi connectivity index (χ2v) is 3.63. The van der Waals surface area contributed by atoms with Gasteiger partial charge in [0.05, 0.1) is 12.3 Å². The van der Waals surface area contributed by atoms with Gasteiger partial charge >= 0.3 is 12.1 Å². The molecule has 0 rings (SSSR count). The smallest absolute Gasteiger partial charge is 0.389 e. The number of carboxylic acids is 1. The Kier molecular flexibility index (Phi) is 5.26. The normalized spacial score (nSPS) is 13.3. The Bertz CT molecular complexity index is 265. The number of nitrogens with zero attached hydrogens (tertiary/aromatic N) is 1. The fraction of sp³-hybridized carbons (Fsp3) is 0.778. The summed E-state index contributed by atoms with van der Waals surface area (Å²) in [5.74, 6) is -2.58. The van der Waals surface area contributed by atoms with E-state index in [1.165, 1.54) is 14.0 Å². The summed E-state index contributed by atoms with van der Waals surface area (Å²) in [7, 11) is 1.29. The van der Waals surface area contributed by atoms with Crippen molar-refractivity contribution in [1.29, 1.82) is 0 Å². The van der Waals surface area contributed by atoms with Crippen LogP contribution in [0.1, 0.15) is 19.8 Å². The molecule has 0 fully saturated rings. The molecule has 0 aromatic heterocycles. The molecule has 0 spiro atoms. The highest BCUT2D eigenvalue weighted by Crippen LogP contribution is 2.21. The summed E-state index contributed by atoms with van der Waals surface area (Å²) in [5, 5.41) is 8.55. The summed E-state index contributed by atoms with van der Waals surface area (Å²) < 4.78 is 35.4. The SMILES string of the molecule is CC(CN(C)C(=O)CCC(F)(F)F)C(=O)O. The Balaban J connectivity index is 4.05. The van der Waals surface area contributed by atoms with Crippen LogP contribution in [-0.2, 0) is 9.59 Å². The lowest BCUT2D eigenvalue weighted by Crippen LogP contribution is -2.34. The van der Waals surface area contributed by atoms with Gasteiger partial charge in [0, 0.05) is 20.0 Å². The number of halogens is 3. The van der Waals surface area contributed by atoms with Crippen LogP contribution in [0.3, 0.4) is 0 Å². The molecule has 0 saturated heterocycles. The molecule has 0 radical (unpaired) electrons. The zero-order chi connectivity index (χ0) is 12.9. The van der Waals surface area contributed by atoms with Crippen LogP contribution < -0.4 is 0 Å². The van der Waals surface area contributed by atoms with Gasteiger partial charge in [-0.05, 0) is 0 Å². The largest absolute Gasteiger partial charge is 0.481 e. The third kappa shape index (κ3) is 6.26. The van der Waals surface area contributed by atoms with Crippen molar-refractivity contribution in [2.75, 3.05) is 13.6 Å². The van der Waals surface area contributed by atoms with Crippen molar-refractivity contribution in [2.45, 2.75) is 25.9 Å². The van der Waals surface area contributed by atoms with E-state index in [-0.39, 0.29) is 6.54 Å². The van der Waals surface area contributed by atoms with Gasteiger partial charge in [-0.15, -0.1) is 0 Å². The zero-order valence-corrected chi connectivity index (χ0v) is 9.04. The molecule has 0 aromatic carbocycles. The number of rotatable bonds is 5. The Hall–Kier alpha value is -1.27. The molecular weight excluding hydrogens is 227 g/mol. The first-order chi connectivity index (χ1) is 7.13. The summed E-state index contributed by atoms with van der Waals surface area (Å²) in [5.41, 5.74) is 0. The van der Waals surface area contributed by atoms with E-state index in [1.807, 2.05) is 0 Å². The fourth-order valence-electron chi connectivity index (χ4n) is 1.03. The molecule has 0 aliphatic heterocycles. The van der Waals surface area contributed by atoms with Gasteiger partial charge in [-0.2, -0.15) is 13.2 Å². The van der Waals surface area contributed by atoms with E-state index in [2.05, 4.69) is 0 Å². The van der Waals surface area contributed by atoms with Gasteiger partial charge in [0.1, 0.15) is 0 Å². The second-order valence-electron chi connectivity index (χ2n) is 3.63. The van der Waals surface area contributed by atoms with Crippen LogP contribution in [0.2, 0.25) is 0 Å². The summed E-state index contributed by atoms with van der Waals surface area (Å²) >= 11 is 0. The quantitative estimate of drug-likeness (QED) is 0.793. The van der Waals surface area contributed by atoms with E-state index in [1.54, 1.807) is 0 Å². The van der Waals surface area contributed by atoms with Crippen LogP contribution >= 0.6 is 0 Å². The predicted molar refractivity (Wildman–Crippen MR) is 49.7 cm³/mol. The van der Waals surface area contributed by atoms with Crippen molar-refractivity contribution < 1.29 is 27.9 Å². The predicted octanol–water partition coefficient (Wildman–Crippen LogP) is 1.51. The minimum atomic E-state index is -4.37. The maximum atomic E-state index is 11.8. The lowest BCUT2D eigenvalue weighted by Gasteiger charge is -2.19. The van der Waals surface area contributed by atoms with Crippen molar-refractivity contribution in [3.63, 3.8) is 0 Å². The molecule has 4 nitrogen and oxygen atoms in total. The Morgan fingerprint density at radius 2 is 1.88 bits per heavy atom. The number of carbonyl (C=O) groups excluding carboxylic acids is 1. The standard InChI is InChI=1S/C9H14F3NO3/c1-6(8(15)16)5-13(2)7(14)3-4-9(10,11)12/h6H,3-5H2,1-2H3,(H,15,16). The summed E-state index contributed by atoms with van der Waals surface area (Å²) in [6, 6.07) is 0. The van der Waals surface area contributed by atoms with Crippen LogP contribution in [0.4, 0.5) is 13.2 Å². The molecule has 0 saturated carbocycles. The molecule has 16 heavy (non-hydrogen) atoms. The maximum absolute atomic E-state index is 11.8. The van der Waals surface area contributed by atoms with Gasteiger partial charge in [0.2, 0.25) is 5.91 Å². The van der Waals surface area contributed by atoms with Crippen LogP contribution in [-0.4, -0.2) is 41.7 Å². The highest BCUT2D eigenvalue weighted by molar-refractivity contribution is 5.77. The summed E-state index contributed by atoms with van der Waals surface area (Å²) in [6.07, 6.45) is -6.20. The Morgan fingerprint density at radius 3 is 2.25 bits per heavy atom. The molecule has 0 aliphatic carbocycles. The molecular formula is C9H14F3NO3. The first-order valence-electron chi connectivity index (χ1n) is 4.67. The molecule has 0 aromatic rings. The van der Waals surface area contributed by atoms with Gasteiger partial charge in [-0.1, -0.05) is 6.92 Å². The molecule has 0 heterocycles. The van der Waals surface area contributed by atoms with Crippen LogP contribution in [0, 0.1) is 5.92 Å². The van der Waals surface area contributed by atoms with E-state index in [0.29, 0.717) is 0 Å². The maximum Gasteiger partial charge on any atom is 0.389 e. The van der Waals surface area contributed by atoms with E-state index in [4.69, 9.17) is 5.11 Å². The first kappa shape index (κ1) is 14.7. The fourth-order valence-corrected chi connectivity index (χ4v) is 1.03. The molecule has 0 bridgehead atoms. The lowest BCUT2D eigenvalue weighted by atomic mass is 10.1. The average molecular weight is 241 g/mol. The van der Waals surface area contributed by atoms with Crippen molar-refractivity contribution in [3.05, 3.63) is 0 Å². The van der Waals surface area contributed by atoms with Gasteiger partial charge in [-0.25, -0.2) is 0 Å². The Labute approximate surface area is 91.0 Å². The van der Waals surface area contributed by atoms with Crippen molar-refractivity contribution in [1.82, 2.24) is 4.90 Å². The van der Waals surface area contributed by atoms with Crippen molar-refractivity contribution in [3.8, 4) is 0 Å². The minimum absolute atomic E-state index is 0.0912. The number of hydrogen-bond donors (Lipinski definition) is 1. The highest BCUT2D eigenvalue weighted by Gasteiger charge is 2.29. The highest BCUT2D eigenvalue weighted by atomic mass is 19.4. The van der Waals surface area contributed by atoms with Gasteiger partial charge in [0.25, 0.3) is 0 Å². The molecule has 0 aliphatic rings. The number of amides is 1. The molecule has 1 unspecified atom stereocenters. The second kappa shape index (κ2) is 5.72. The van der Waals surface area contributed by atoms with Crippen molar-refractivity contribution in [2.24, 2.45) is 5.92 Å². The van der Waals surface area contributed by atoms with Gasteiger partial charge in [0.15, 0.2) is 0 Å². The molecule has 7 heteroatoms. The average Bonchev–Trinajstić information content (AvgIpc) is 2.12. The Morgan fingerprint density at radius 1 is 1.38 bits per heavy atom. The van der Waals surface area contributed by atoms with Gasteiger partial charge < -0.3 is 10.0 Å². The van der Waals surface area contributed by atoms with Crippen LogP contribution in [0.25, 0.3) is 0 Å². The lowest BCUT2D eigenvalue weighted by molar-refractivity contribution is -0.150. The van der Waals surface area contributed by atoms with E-state index in [9.17, 15) is 22.8 Å². The number of carbonyl (C=O) groups is 2.